The van der Waals surface area contributed by atoms with E-state index < -0.39 is 23.6 Å². The Labute approximate surface area is 167 Å². The molecular weight excluding hydrogens is 376 g/mol. The minimum Gasteiger partial charge on any atom is -0.548 e. The van der Waals surface area contributed by atoms with E-state index in [9.17, 15) is 19.5 Å². The van der Waals surface area contributed by atoms with Crippen LogP contribution in [0, 0.1) is 6.92 Å². The van der Waals surface area contributed by atoms with Gasteiger partial charge >= 0.3 is 0 Å². The summed E-state index contributed by atoms with van der Waals surface area (Å²) >= 11 is 0. The second-order valence-electron chi connectivity index (χ2n) is 7.35. The lowest BCUT2D eigenvalue weighted by Crippen LogP contribution is -2.60. The van der Waals surface area contributed by atoms with E-state index in [4.69, 9.17) is 9.15 Å². The minimum absolute atomic E-state index is 0.133. The van der Waals surface area contributed by atoms with E-state index in [1.807, 2.05) is 6.07 Å². The van der Waals surface area contributed by atoms with Crippen LogP contribution in [-0.2, 0) is 9.53 Å². The molecule has 0 unspecified atom stereocenters. The number of rotatable bonds is 3. The van der Waals surface area contributed by atoms with Crippen LogP contribution in [0.1, 0.15) is 39.3 Å². The molecule has 1 aromatic heterocycles. The van der Waals surface area contributed by atoms with E-state index in [0.717, 1.165) is 5.56 Å². The van der Waals surface area contributed by atoms with Crippen LogP contribution in [0.4, 0.5) is 0 Å². The van der Waals surface area contributed by atoms with Crippen molar-refractivity contribution in [1.82, 2.24) is 9.80 Å². The number of aryl methyl sites for hydroxylation is 1. The fraction of sp³-hybridized carbons (Fsp3) is 0.381. The van der Waals surface area contributed by atoms with Crippen molar-refractivity contribution in [3.8, 4) is 0 Å². The average molecular weight is 397 g/mol. The van der Waals surface area contributed by atoms with Crippen molar-refractivity contribution in [1.29, 1.82) is 0 Å². The third kappa shape index (κ3) is 3.29. The normalized spacial score (nSPS) is 20.8. The second kappa shape index (κ2) is 7.36. The van der Waals surface area contributed by atoms with Crippen LogP contribution in [0.3, 0.4) is 0 Å². The second-order valence-corrected chi connectivity index (χ2v) is 7.35. The molecule has 4 rings (SSSR count). The predicted molar refractivity (Wildman–Crippen MR) is 98.7 cm³/mol. The molecule has 2 amide bonds. The van der Waals surface area contributed by atoms with E-state index in [2.05, 4.69) is 0 Å². The summed E-state index contributed by atoms with van der Waals surface area (Å²) in [5, 5.41) is 11.7. The van der Waals surface area contributed by atoms with Gasteiger partial charge in [-0.25, -0.2) is 0 Å². The van der Waals surface area contributed by atoms with Crippen LogP contribution in [-0.4, -0.2) is 59.0 Å². The molecule has 29 heavy (non-hydrogen) atoms. The molecule has 152 valence electrons. The summed E-state index contributed by atoms with van der Waals surface area (Å²) in [6.07, 6.45) is 2.05. The van der Waals surface area contributed by atoms with Crippen molar-refractivity contribution in [3.05, 3.63) is 59.5 Å². The zero-order valence-corrected chi connectivity index (χ0v) is 16.0. The van der Waals surface area contributed by atoms with Gasteiger partial charge in [0.15, 0.2) is 5.76 Å². The summed E-state index contributed by atoms with van der Waals surface area (Å²) in [5.74, 6) is -1.75. The van der Waals surface area contributed by atoms with Gasteiger partial charge in [0.1, 0.15) is 5.72 Å². The molecule has 0 aliphatic carbocycles. The SMILES string of the molecule is Cc1ccccc1C(=O)N1[C@H](C(=O)[O-])COC12CCN(C(=O)c1ccco1)CC2. The van der Waals surface area contributed by atoms with Crippen LogP contribution in [0.2, 0.25) is 0 Å². The number of hydrogen-bond donors (Lipinski definition) is 0. The first kappa shape index (κ1) is 19.2. The molecule has 2 aliphatic rings. The Kier molecular flexibility index (Phi) is 4.87. The predicted octanol–water partition coefficient (Wildman–Crippen LogP) is 0.811. The fourth-order valence-electron chi connectivity index (χ4n) is 4.11. The Hall–Kier alpha value is -3.13. The van der Waals surface area contributed by atoms with Gasteiger partial charge < -0.3 is 24.0 Å². The summed E-state index contributed by atoms with van der Waals surface area (Å²) in [7, 11) is 0. The molecule has 0 N–H and O–H groups in total. The number of hydrogen-bond acceptors (Lipinski definition) is 6. The first-order chi connectivity index (χ1) is 13.9. The monoisotopic (exact) mass is 397 g/mol. The van der Waals surface area contributed by atoms with Crippen molar-refractivity contribution in [3.63, 3.8) is 0 Å². The maximum Gasteiger partial charge on any atom is 0.289 e. The molecule has 1 atom stereocenters. The molecule has 3 heterocycles. The maximum atomic E-state index is 13.3. The smallest absolute Gasteiger partial charge is 0.289 e. The summed E-state index contributed by atoms with van der Waals surface area (Å²) in [4.78, 5) is 40.5. The quantitative estimate of drug-likeness (QED) is 0.759. The summed E-state index contributed by atoms with van der Waals surface area (Å²) in [5.41, 5.74) is 0.101. The molecule has 2 aliphatic heterocycles. The number of piperidine rings is 1. The van der Waals surface area contributed by atoms with Gasteiger partial charge in [-0.1, -0.05) is 18.2 Å². The topological polar surface area (TPSA) is 103 Å². The van der Waals surface area contributed by atoms with Gasteiger partial charge in [-0.15, -0.1) is 0 Å². The van der Waals surface area contributed by atoms with E-state index in [1.54, 1.807) is 42.2 Å². The van der Waals surface area contributed by atoms with Crippen LogP contribution < -0.4 is 5.11 Å². The zero-order valence-electron chi connectivity index (χ0n) is 16.0. The molecule has 0 bridgehead atoms. The lowest BCUT2D eigenvalue weighted by atomic mass is 9.96. The van der Waals surface area contributed by atoms with E-state index >= 15 is 0 Å². The van der Waals surface area contributed by atoms with Crippen molar-refractivity contribution in [2.45, 2.75) is 31.5 Å². The van der Waals surface area contributed by atoms with Gasteiger partial charge in [0.25, 0.3) is 11.8 Å². The van der Waals surface area contributed by atoms with Crippen LogP contribution in [0.5, 0.6) is 0 Å². The first-order valence-corrected chi connectivity index (χ1v) is 9.50. The fourth-order valence-corrected chi connectivity index (χ4v) is 4.11. The van der Waals surface area contributed by atoms with Gasteiger partial charge in [0.2, 0.25) is 0 Å². The minimum atomic E-state index is -1.35. The van der Waals surface area contributed by atoms with Crippen LogP contribution in [0.15, 0.2) is 47.1 Å². The third-order valence-electron chi connectivity index (χ3n) is 5.69. The van der Waals surface area contributed by atoms with Crippen molar-refractivity contribution in [2.75, 3.05) is 19.7 Å². The summed E-state index contributed by atoms with van der Waals surface area (Å²) in [6, 6.07) is 9.10. The number of likely N-dealkylation sites (tertiary alicyclic amines) is 1. The Balaban J connectivity index is 1.59. The Morgan fingerprint density at radius 2 is 1.79 bits per heavy atom. The molecule has 1 spiro atoms. The number of nitrogens with zero attached hydrogens (tertiary/aromatic N) is 2. The Morgan fingerprint density at radius 3 is 2.41 bits per heavy atom. The average Bonchev–Trinajstić information content (AvgIpc) is 3.37. The maximum absolute atomic E-state index is 13.3. The van der Waals surface area contributed by atoms with Gasteiger partial charge in [0, 0.05) is 31.5 Å². The van der Waals surface area contributed by atoms with Gasteiger partial charge in [-0.3, -0.25) is 14.5 Å². The van der Waals surface area contributed by atoms with E-state index in [0.29, 0.717) is 31.5 Å². The standard InChI is InChI=1S/C21H22N2O6/c1-14-5-2-3-6-15(14)18(24)23-16(20(26)27)13-29-21(23)8-10-22(11-9-21)19(25)17-7-4-12-28-17/h2-7,12,16H,8-11,13H2,1H3,(H,26,27)/p-1/t16-/m0/s1. The third-order valence-corrected chi connectivity index (χ3v) is 5.69. The highest BCUT2D eigenvalue weighted by atomic mass is 16.5. The highest BCUT2D eigenvalue weighted by Crippen LogP contribution is 2.38. The van der Waals surface area contributed by atoms with Gasteiger partial charge in [-0.05, 0) is 30.7 Å². The van der Waals surface area contributed by atoms with Gasteiger partial charge in [-0.2, -0.15) is 0 Å². The number of carboxylic acids is 1. The molecule has 0 radical (unpaired) electrons. The summed E-state index contributed by atoms with van der Waals surface area (Å²) < 4.78 is 11.1. The lowest BCUT2D eigenvalue weighted by molar-refractivity contribution is -0.310. The van der Waals surface area contributed by atoms with Crippen molar-refractivity contribution < 1.29 is 28.6 Å². The number of carbonyl (C=O) groups excluding carboxylic acids is 3. The highest BCUT2D eigenvalue weighted by molar-refractivity contribution is 5.98. The number of carbonyl (C=O) groups is 3. The highest BCUT2D eigenvalue weighted by Gasteiger charge is 2.52. The van der Waals surface area contributed by atoms with Crippen LogP contribution in [0.25, 0.3) is 0 Å². The number of furan rings is 1. The molecular formula is C21H21N2O6-. The lowest BCUT2D eigenvalue weighted by Gasteiger charge is -2.44. The molecule has 1 aromatic carbocycles. The van der Waals surface area contributed by atoms with Crippen molar-refractivity contribution >= 4 is 17.8 Å². The molecule has 8 heteroatoms. The Morgan fingerprint density at radius 1 is 1.07 bits per heavy atom. The number of amides is 2. The van der Waals surface area contributed by atoms with Crippen LogP contribution >= 0.6 is 0 Å². The number of benzene rings is 1. The largest absolute Gasteiger partial charge is 0.548 e. The van der Waals surface area contributed by atoms with E-state index in [-0.39, 0.29) is 18.3 Å². The molecule has 2 fully saturated rings. The van der Waals surface area contributed by atoms with Crippen molar-refractivity contribution in [2.24, 2.45) is 0 Å². The first-order valence-electron chi connectivity index (χ1n) is 9.50. The number of aliphatic carboxylic acids is 1. The molecule has 2 aromatic rings. The van der Waals surface area contributed by atoms with Gasteiger partial charge in [0.05, 0.1) is 24.9 Å². The summed E-state index contributed by atoms with van der Waals surface area (Å²) in [6.45, 7) is 2.30. The number of ether oxygens (including phenoxy) is 1. The van der Waals surface area contributed by atoms with E-state index in [1.165, 1.54) is 11.2 Å². The number of carboxylic acid groups (broad SMARTS) is 1. The molecule has 2 saturated heterocycles. The zero-order chi connectivity index (χ0) is 20.6. The Bertz CT molecular complexity index is 930. The molecule has 8 nitrogen and oxygen atoms in total. The molecule has 0 saturated carbocycles.